The largest absolute Gasteiger partial charge is 0.497 e. The first-order valence-corrected chi connectivity index (χ1v) is 11.5. The number of amides is 1. The Balaban J connectivity index is 1.63. The van der Waals surface area contributed by atoms with Gasteiger partial charge in [-0.1, -0.05) is 54.2 Å². The summed E-state index contributed by atoms with van der Waals surface area (Å²) in [4.78, 5) is 13.4. The van der Waals surface area contributed by atoms with Crippen molar-refractivity contribution in [3.63, 3.8) is 0 Å². The number of nitrogens with zero attached hydrogens (tertiary/aromatic N) is 3. The second-order valence-electron chi connectivity index (χ2n) is 7.81. The van der Waals surface area contributed by atoms with Crippen LogP contribution in [0.15, 0.2) is 78.0 Å². The number of aromatic nitrogens is 3. The number of aryl methyl sites for hydroxylation is 2. The standard InChI is InChI=1S/C26H26N4O2S/c1-17-10-11-18(2)22(16-17)27-25(31)23(19-8-6-5-7-9-19)33-26-29-28-24(30(26)3)20-12-14-21(32-4)15-13-20/h5-16,23H,1-4H3,(H,27,31). The van der Waals surface area contributed by atoms with Crippen molar-refractivity contribution in [1.29, 1.82) is 0 Å². The summed E-state index contributed by atoms with van der Waals surface area (Å²) in [6.45, 7) is 4.00. The Morgan fingerprint density at radius 2 is 1.73 bits per heavy atom. The number of rotatable bonds is 7. The van der Waals surface area contributed by atoms with Gasteiger partial charge in [0.2, 0.25) is 5.91 Å². The smallest absolute Gasteiger partial charge is 0.242 e. The highest BCUT2D eigenvalue weighted by molar-refractivity contribution is 8.00. The minimum atomic E-state index is -0.488. The summed E-state index contributed by atoms with van der Waals surface area (Å²) in [7, 11) is 3.55. The zero-order valence-electron chi connectivity index (χ0n) is 19.1. The number of nitrogens with one attached hydrogen (secondary N) is 1. The van der Waals surface area contributed by atoms with Crippen LogP contribution in [0.5, 0.6) is 5.75 Å². The van der Waals surface area contributed by atoms with Crippen molar-refractivity contribution >= 4 is 23.4 Å². The van der Waals surface area contributed by atoms with Crippen LogP contribution in [-0.4, -0.2) is 27.8 Å². The van der Waals surface area contributed by atoms with E-state index in [-0.39, 0.29) is 5.91 Å². The molecule has 168 valence electrons. The minimum Gasteiger partial charge on any atom is -0.497 e. The Bertz CT molecular complexity index is 1250. The van der Waals surface area contributed by atoms with Crippen LogP contribution in [0, 0.1) is 13.8 Å². The quantitative estimate of drug-likeness (QED) is 0.366. The number of carbonyl (C=O) groups excluding carboxylic acids is 1. The molecule has 6 nitrogen and oxygen atoms in total. The molecule has 4 rings (SSSR count). The fourth-order valence-electron chi connectivity index (χ4n) is 3.48. The molecular formula is C26H26N4O2S. The highest BCUT2D eigenvalue weighted by Crippen LogP contribution is 2.36. The van der Waals surface area contributed by atoms with Crippen LogP contribution in [0.25, 0.3) is 11.4 Å². The van der Waals surface area contributed by atoms with E-state index in [4.69, 9.17) is 4.74 Å². The van der Waals surface area contributed by atoms with Crippen LogP contribution in [0.1, 0.15) is 21.9 Å². The molecule has 1 atom stereocenters. The molecule has 4 aromatic rings. The first-order chi connectivity index (χ1) is 16.0. The van der Waals surface area contributed by atoms with Gasteiger partial charge < -0.3 is 14.6 Å². The molecule has 0 saturated heterocycles. The van der Waals surface area contributed by atoms with Gasteiger partial charge in [0, 0.05) is 18.3 Å². The van der Waals surface area contributed by atoms with Crippen molar-refractivity contribution < 1.29 is 9.53 Å². The molecule has 1 N–H and O–H groups in total. The molecule has 0 aliphatic heterocycles. The molecule has 7 heteroatoms. The molecule has 1 unspecified atom stereocenters. The number of hydrogen-bond donors (Lipinski definition) is 1. The maximum Gasteiger partial charge on any atom is 0.242 e. The average molecular weight is 459 g/mol. The van der Waals surface area contributed by atoms with Gasteiger partial charge in [0.15, 0.2) is 11.0 Å². The summed E-state index contributed by atoms with van der Waals surface area (Å²) in [6, 6.07) is 23.4. The van der Waals surface area contributed by atoms with E-state index in [0.717, 1.165) is 39.5 Å². The molecule has 0 aliphatic rings. The van der Waals surface area contributed by atoms with E-state index in [2.05, 4.69) is 15.5 Å². The van der Waals surface area contributed by atoms with Gasteiger partial charge in [-0.05, 0) is 60.9 Å². The van der Waals surface area contributed by atoms with Crippen LogP contribution in [0.4, 0.5) is 5.69 Å². The maximum absolute atomic E-state index is 13.4. The fourth-order valence-corrected chi connectivity index (χ4v) is 4.49. The van der Waals surface area contributed by atoms with Crippen molar-refractivity contribution in [3.8, 4) is 17.1 Å². The summed E-state index contributed by atoms with van der Waals surface area (Å²) < 4.78 is 7.15. The monoisotopic (exact) mass is 458 g/mol. The molecule has 0 fully saturated rings. The van der Waals surface area contributed by atoms with Gasteiger partial charge in [0.05, 0.1) is 7.11 Å². The second-order valence-corrected chi connectivity index (χ2v) is 8.88. The van der Waals surface area contributed by atoms with Crippen molar-refractivity contribution in [1.82, 2.24) is 14.8 Å². The van der Waals surface area contributed by atoms with Crippen LogP contribution >= 0.6 is 11.8 Å². The Morgan fingerprint density at radius 3 is 2.42 bits per heavy atom. The summed E-state index contributed by atoms with van der Waals surface area (Å²) in [5, 5.41) is 12.0. The second kappa shape index (κ2) is 9.92. The number of carbonyl (C=O) groups is 1. The fraction of sp³-hybridized carbons (Fsp3) is 0.192. The number of anilines is 1. The maximum atomic E-state index is 13.4. The Hall–Kier alpha value is -3.58. The Morgan fingerprint density at radius 1 is 1.00 bits per heavy atom. The van der Waals surface area contributed by atoms with Crippen molar-refractivity contribution in [2.45, 2.75) is 24.3 Å². The lowest BCUT2D eigenvalue weighted by Crippen LogP contribution is -2.20. The molecule has 1 aromatic heterocycles. The third-order valence-corrected chi connectivity index (χ3v) is 6.69. The summed E-state index contributed by atoms with van der Waals surface area (Å²) in [5.41, 5.74) is 4.76. The predicted octanol–water partition coefficient (Wildman–Crippen LogP) is 5.58. The Labute approximate surface area is 198 Å². The molecule has 33 heavy (non-hydrogen) atoms. The number of thioether (sulfide) groups is 1. The van der Waals surface area contributed by atoms with E-state index in [1.54, 1.807) is 7.11 Å². The van der Waals surface area contributed by atoms with E-state index in [1.807, 2.05) is 98.3 Å². The normalized spacial score (nSPS) is 11.8. The van der Waals surface area contributed by atoms with Crippen molar-refractivity contribution in [3.05, 3.63) is 89.5 Å². The van der Waals surface area contributed by atoms with Gasteiger partial charge in [0.25, 0.3) is 0 Å². The SMILES string of the molecule is COc1ccc(-c2nnc(SC(C(=O)Nc3cc(C)ccc3C)c3ccccc3)n2C)cc1. The van der Waals surface area contributed by atoms with Crippen LogP contribution in [0.2, 0.25) is 0 Å². The van der Waals surface area contributed by atoms with Crippen LogP contribution < -0.4 is 10.1 Å². The number of ether oxygens (including phenoxy) is 1. The lowest BCUT2D eigenvalue weighted by Gasteiger charge is -2.18. The summed E-state index contributed by atoms with van der Waals surface area (Å²) in [6.07, 6.45) is 0. The summed E-state index contributed by atoms with van der Waals surface area (Å²) in [5.74, 6) is 1.40. The zero-order chi connectivity index (χ0) is 23.4. The molecule has 0 aliphatic carbocycles. The van der Waals surface area contributed by atoms with E-state index in [9.17, 15) is 4.79 Å². The highest BCUT2D eigenvalue weighted by atomic mass is 32.2. The highest BCUT2D eigenvalue weighted by Gasteiger charge is 2.25. The van der Waals surface area contributed by atoms with E-state index >= 15 is 0 Å². The molecular weight excluding hydrogens is 432 g/mol. The number of benzene rings is 3. The zero-order valence-corrected chi connectivity index (χ0v) is 19.9. The van der Waals surface area contributed by atoms with Crippen molar-refractivity contribution in [2.24, 2.45) is 7.05 Å². The third-order valence-electron chi connectivity index (χ3n) is 5.40. The number of hydrogen-bond acceptors (Lipinski definition) is 5. The lowest BCUT2D eigenvalue weighted by molar-refractivity contribution is -0.115. The van der Waals surface area contributed by atoms with Crippen LogP contribution in [0.3, 0.4) is 0 Å². The van der Waals surface area contributed by atoms with E-state index in [0.29, 0.717) is 5.16 Å². The molecule has 1 heterocycles. The minimum absolute atomic E-state index is 0.103. The summed E-state index contributed by atoms with van der Waals surface area (Å²) >= 11 is 1.38. The molecule has 0 saturated carbocycles. The van der Waals surface area contributed by atoms with Gasteiger partial charge >= 0.3 is 0 Å². The van der Waals surface area contributed by atoms with E-state index in [1.165, 1.54) is 11.8 Å². The van der Waals surface area contributed by atoms with E-state index < -0.39 is 5.25 Å². The first kappa shape index (κ1) is 22.6. The number of methoxy groups -OCH3 is 1. The van der Waals surface area contributed by atoms with Crippen molar-refractivity contribution in [2.75, 3.05) is 12.4 Å². The van der Waals surface area contributed by atoms with Gasteiger partial charge in [0.1, 0.15) is 11.0 Å². The third kappa shape index (κ3) is 5.09. The lowest BCUT2D eigenvalue weighted by atomic mass is 10.1. The topological polar surface area (TPSA) is 69.0 Å². The van der Waals surface area contributed by atoms with Gasteiger partial charge in [-0.3, -0.25) is 4.79 Å². The molecule has 3 aromatic carbocycles. The average Bonchev–Trinajstić information content (AvgIpc) is 3.20. The molecule has 0 bridgehead atoms. The van der Waals surface area contributed by atoms with Crippen LogP contribution in [-0.2, 0) is 11.8 Å². The van der Waals surface area contributed by atoms with Gasteiger partial charge in [-0.25, -0.2) is 0 Å². The molecule has 0 radical (unpaired) electrons. The molecule has 0 spiro atoms. The predicted molar refractivity (Wildman–Crippen MR) is 133 cm³/mol. The first-order valence-electron chi connectivity index (χ1n) is 10.6. The molecule has 1 amide bonds. The van der Waals surface area contributed by atoms with Gasteiger partial charge in [-0.2, -0.15) is 0 Å². The van der Waals surface area contributed by atoms with Gasteiger partial charge in [-0.15, -0.1) is 10.2 Å². The Kier molecular flexibility index (Phi) is 6.79.